The predicted octanol–water partition coefficient (Wildman–Crippen LogP) is 3.22. The molecule has 9 nitrogen and oxygen atoms in total. The van der Waals surface area contributed by atoms with Gasteiger partial charge < -0.3 is 31.1 Å². The quantitative estimate of drug-likeness (QED) is 0.397. The molecule has 4 N–H and O–H groups in total. The van der Waals surface area contributed by atoms with Crippen molar-refractivity contribution in [2.45, 2.75) is 0 Å². The smallest absolute Gasteiger partial charge is 0.236 e. The summed E-state index contributed by atoms with van der Waals surface area (Å²) in [7, 11) is 1.89. The second-order valence-electron chi connectivity index (χ2n) is 6.49. The maximum atomic E-state index is 5.80. The van der Waals surface area contributed by atoms with Crippen LogP contribution >= 0.6 is 0 Å². The molecule has 0 bridgehead atoms. The lowest BCUT2D eigenvalue weighted by Gasteiger charge is -2.20. The van der Waals surface area contributed by atoms with Crippen molar-refractivity contribution in [3.8, 4) is 0 Å². The molecule has 2 rings (SSSR count). The van der Waals surface area contributed by atoms with Crippen LogP contribution in [0.3, 0.4) is 0 Å². The first-order valence-electron chi connectivity index (χ1n) is 9.85. The van der Waals surface area contributed by atoms with E-state index in [2.05, 4.69) is 51.9 Å². The zero-order valence-corrected chi connectivity index (χ0v) is 18.0. The molecule has 0 atom stereocenters. The van der Waals surface area contributed by atoms with Crippen LogP contribution < -0.4 is 21.3 Å². The maximum Gasteiger partial charge on any atom is 0.236 e. The minimum Gasteiger partial charge on any atom is -0.399 e. The van der Waals surface area contributed by atoms with E-state index in [0.717, 1.165) is 5.69 Å². The number of nitrogens with zero attached hydrogens (tertiary/aromatic N) is 6. The summed E-state index contributed by atoms with van der Waals surface area (Å²) in [5, 5.41) is 6.47. The Hall–Kier alpha value is -4.01. The molecule has 9 heteroatoms. The molecule has 0 aliphatic rings. The van der Waals surface area contributed by atoms with Gasteiger partial charge in [-0.25, -0.2) is 0 Å². The molecule has 0 saturated carbocycles. The molecule has 0 radical (unpaired) electrons. The molecule has 164 valence electrons. The van der Waals surface area contributed by atoms with Crippen LogP contribution in [0.2, 0.25) is 0 Å². The van der Waals surface area contributed by atoms with Crippen LogP contribution in [0.1, 0.15) is 0 Å². The molecule has 0 fully saturated rings. The van der Waals surface area contributed by atoms with Gasteiger partial charge in [0.05, 0.1) is 0 Å². The minimum absolute atomic E-state index is 0.465. The molecule has 31 heavy (non-hydrogen) atoms. The van der Waals surface area contributed by atoms with Crippen molar-refractivity contribution >= 4 is 29.2 Å². The summed E-state index contributed by atoms with van der Waals surface area (Å²) < 4.78 is 0. The van der Waals surface area contributed by atoms with Gasteiger partial charge in [0.1, 0.15) is 0 Å². The molecular weight excluding hydrogens is 390 g/mol. The Morgan fingerprint density at radius 1 is 0.806 bits per heavy atom. The number of hydrogen-bond acceptors (Lipinski definition) is 9. The largest absolute Gasteiger partial charge is 0.399 e. The number of nitrogens with one attached hydrogen (secondary N) is 2. The highest BCUT2D eigenvalue weighted by Crippen LogP contribution is 2.23. The second kappa shape index (κ2) is 11.9. The third-order valence-electron chi connectivity index (χ3n) is 4.45. The van der Waals surface area contributed by atoms with E-state index in [1.807, 2.05) is 46.0 Å². The molecule has 0 amide bonds. The maximum absolute atomic E-state index is 5.80. The Labute approximate surface area is 184 Å². The van der Waals surface area contributed by atoms with E-state index in [4.69, 9.17) is 5.73 Å². The number of hydrogen-bond donors (Lipinski definition) is 3. The summed E-state index contributed by atoms with van der Waals surface area (Å²) in [6.07, 6.45) is 6.83. The van der Waals surface area contributed by atoms with E-state index in [9.17, 15) is 0 Å². The van der Waals surface area contributed by atoms with Gasteiger partial charge in [-0.3, -0.25) is 0 Å². The van der Waals surface area contributed by atoms with Crippen molar-refractivity contribution in [2.24, 2.45) is 0 Å². The molecule has 0 aliphatic heterocycles. The first-order chi connectivity index (χ1) is 15.0. The van der Waals surface area contributed by atoms with E-state index >= 15 is 0 Å². The summed E-state index contributed by atoms with van der Waals surface area (Å²) >= 11 is 0. The molecular formula is C22H31N9. The highest BCUT2D eigenvalue weighted by Gasteiger charge is 2.12. The van der Waals surface area contributed by atoms with E-state index in [-0.39, 0.29) is 0 Å². The van der Waals surface area contributed by atoms with Crippen molar-refractivity contribution in [3.63, 3.8) is 0 Å². The van der Waals surface area contributed by atoms with E-state index in [1.165, 1.54) is 0 Å². The minimum atomic E-state index is 0.465. The van der Waals surface area contributed by atoms with Crippen molar-refractivity contribution in [3.05, 3.63) is 75.4 Å². The number of nitrogen functional groups attached to an aromatic ring is 1. The normalized spacial score (nSPS) is 9.97. The lowest BCUT2D eigenvalue weighted by molar-refractivity contribution is 0.525. The molecule has 0 saturated heterocycles. The third-order valence-corrected chi connectivity index (χ3v) is 4.45. The van der Waals surface area contributed by atoms with Crippen LogP contribution in [-0.2, 0) is 0 Å². The highest BCUT2D eigenvalue weighted by molar-refractivity contribution is 5.61. The number of aromatic nitrogens is 3. The van der Waals surface area contributed by atoms with Crippen LogP contribution in [-0.4, -0.2) is 58.0 Å². The number of nitrogens with two attached hydrogens (primary N) is 1. The Morgan fingerprint density at radius 3 is 1.68 bits per heavy atom. The summed E-state index contributed by atoms with van der Waals surface area (Å²) in [5.74, 6) is 1.43. The first-order valence-corrected chi connectivity index (χ1v) is 9.85. The van der Waals surface area contributed by atoms with Crippen molar-refractivity contribution < 1.29 is 0 Å². The summed E-state index contributed by atoms with van der Waals surface area (Å²) in [4.78, 5) is 19.2. The average molecular weight is 422 g/mol. The van der Waals surface area contributed by atoms with Crippen LogP contribution in [0, 0.1) is 0 Å². The van der Waals surface area contributed by atoms with E-state index < -0.39 is 0 Å². The van der Waals surface area contributed by atoms with Gasteiger partial charge >= 0.3 is 0 Å². The Kier molecular flexibility index (Phi) is 8.90. The summed E-state index contributed by atoms with van der Waals surface area (Å²) in [5.41, 5.74) is 7.41. The van der Waals surface area contributed by atoms with Gasteiger partial charge in [-0.15, -0.1) is 0 Å². The standard InChI is InChI=1S/C22H31N9/c1-6-30(7-2)16-14-24-20-26-21(25-15-17-31(8-3)9-4)28-22(27-20)29(5)19-12-10-18(23)11-13-19/h6-13H,1-4,14-17,23H2,5H3,(H2,24,25,26,27,28). The van der Waals surface area contributed by atoms with Crippen LogP contribution in [0.15, 0.2) is 75.4 Å². The molecule has 2 aromatic rings. The van der Waals surface area contributed by atoms with Gasteiger partial charge in [-0.05, 0) is 49.1 Å². The molecule has 0 unspecified atom stereocenters. The van der Waals surface area contributed by atoms with E-state index in [0.29, 0.717) is 49.7 Å². The highest BCUT2D eigenvalue weighted by atomic mass is 15.3. The van der Waals surface area contributed by atoms with Crippen molar-refractivity contribution in [2.75, 3.05) is 54.5 Å². The zero-order valence-electron chi connectivity index (χ0n) is 18.0. The molecule has 1 aromatic heterocycles. The predicted molar refractivity (Wildman–Crippen MR) is 130 cm³/mol. The van der Waals surface area contributed by atoms with Crippen molar-refractivity contribution in [1.82, 2.24) is 24.8 Å². The zero-order chi connectivity index (χ0) is 22.6. The van der Waals surface area contributed by atoms with Gasteiger partial charge in [0.15, 0.2) is 0 Å². The fraction of sp³-hybridized carbons (Fsp3) is 0.227. The molecule has 1 aromatic carbocycles. The number of anilines is 5. The topological polar surface area (TPSA) is 98.5 Å². The van der Waals surface area contributed by atoms with Crippen LogP contribution in [0.5, 0.6) is 0 Å². The summed E-state index contributed by atoms with van der Waals surface area (Å²) in [6.45, 7) is 17.6. The Morgan fingerprint density at radius 2 is 1.26 bits per heavy atom. The third kappa shape index (κ3) is 7.07. The molecule has 0 spiro atoms. The molecule has 1 heterocycles. The number of benzene rings is 1. The SMILES string of the molecule is C=CN(C=C)CCNc1nc(NCCN(C=C)C=C)nc(N(C)c2ccc(N)cc2)n1. The molecule has 0 aliphatic carbocycles. The Balaban J connectivity index is 2.20. The van der Waals surface area contributed by atoms with Gasteiger partial charge in [0.25, 0.3) is 0 Å². The number of rotatable bonds is 14. The summed E-state index contributed by atoms with van der Waals surface area (Å²) in [6, 6.07) is 7.50. The Bertz CT molecular complexity index is 819. The second-order valence-corrected chi connectivity index (χ2v) is 6.49. The van der Waals surface area contributed by atoms with Crippen LogP contribution in [0.4, 0.5) is 29.2 Å². The van der Waals surface area contributed by atoms with Gasteiger partial charge in [-0.2, -0.15) is 15.0 Å². The van der Waals surface area contributed by atoms with Gasteiger partial charge in [-0.1, -0.05) is 26.3 Å². The van der Waals surface area contributed by atoms with Crippen LogP contribution in [0.25, 0.3) is 0 Å². The fourth-order valence-corrected chi connectivity index (χ4v) is 2.59. The first kappa shape index (κ1) is 23.3. The average Bonchev–Trinajstić information content (AvgIpc) is 2.79. The van der Waals surface area contributed by atoms with Crippen molar-refractivity contribution in [1.29, 1.82) is 0 Å². The lowest BCUT2D eigenvalue weighted by atomic mass is 10.3. The van der Waals surface area contributed by atoms with E-state index in [1.54, 1.807) is 24.8 Å². The fourth-order valence-electron chi connectivity index (χ4n) is 2.59. The van der Waals surface area contributed by atoms with Gasteiger partial charge in [0.2, 0.25) is 17.8 Å². The lowest BCUT2D eigenvalue weighted by Crippen LogP contribution is -2.23. The monoisotopic (exact) mass is 421 g/mol. The van der Waals surface area contributed by atoms with Gasteiger partial charge in [0, 0.05) is 44.6 Å².